The Hall–Kier alpha value is 0.716. The van der Waals surface area contributed by atoms with Gasteiger partial charge in [0.15, 0.2) is 0 Å². The van der Waals surface area contributed by atoms with Crippen molar-refractivity contribution in [1.82, 2.24) is 0 Å². The van der Waals surface area contributed by atoms with Crippen LogP contribution in [-0.4, -0.2) is 37.7 Å². The molecule has 1 N–H and O–H groups in total. The van der Waals surface area contributed by atoms with Crippen molar-refractivity contribution >= 4 is 26.5 Å². The average Bonchev–Trinajstić information content (AvgIpc) is 2.57. The molecule has 0 aromatic rings. The number of hydrogen-bond donors (Lipinski definition) is 1. The average molecular weight is 475 g/mol. The molecule has 0 saturated carbocycles. The standard InChI is InChI=1S/C10H21OSi.3C4H9.Sn/c1-5-6-7-10(11)8-9-12(2,3)4;3*1-3-4-2;/h8,10-11H,5-7H2,1-4H3;3*1,3-4H2,2H3;. The van der Waals surface area contributed by atoms with Gasteiger partial charge < -0.3 is 0 Å². The second kappa shape index (κ2) is 13.8. The van der Waals surface area contributed by atoms with Crippen LogP contribution in [0.5, 0.6) is 0 Å². The summed E-state index contributed by atoms with van der Waals surface area (Å²) in [5, 5.41) is 10.7. The Kier molecular flexibility index (Phi) is 14.2. The third-order valence-corrected chi connectivity index (χ3v) is 32.3. The molecule has 1 unspecified atom stereocenters. The number of rotatable bonds is 15. The van der Waals surface area contributed by atoms with Gasteiger partial charge in [-0.3, -0.25) is 0 Å². The number of hydrogen-bond acceptors (Lipinski definition) is 1. The fourth-order valence-corrected chi connectivity index (χ4v) is 37.5. The summed E-state index contributed by atoms with van der Waals surface area (Å²) in [6, 6.07) is 0. The third-order valence-electron chi connectivity index (χ3n) is 5.62. The van der Waals surface area contributed by atoms with Crippen LogP contribution in [0.2, 0.25) is 33.0 Å². The summed E-state index contributed by atoms with van der Waals surface area (Å²) in [6.07, 6.45) is 13.8. The molecule has 0 aliphatic rings. The van der Waals surface area contributed by atoms with Gasteiger partial charge in [0.2, 0.25) is 0 Å². The van der Waals surface area contributed by atoms with E-state index in [9.17, 15) is 5.11 Å². The van der Waals surface area contributed by atoms with Crippen molar-refractivity contribution in [2.24, 2.45) is 0 Å². The number of aliphatic hydroxyl groups excluding tert-OH is 1. The van der Waals surface area contributed by atoms with E-state index in [0.717, 1.165) is 12.8 Å². The second-order valence-electron chi connectivity index (χ2n) is 9.13. The Morgan fingerprint density at radius 1 is 0.800 bits per heavy atom. The van der Waals surface area contributed by atoms with E-state index in [2.05, 4.69) is 53.4 Å². The zero-order valence-corrected chi connectivity index (χ0v) is 22.4. The fourth-order valence-electron chi connectivity index (χ4n) is 4.24. The van der Waals surface area contributed by atoms with Crippen LogP contribution >= 0.6 is 0 Å². The van der Waals surface area contributed by atoms with E-state index in [4.69, 9.17) is 0 Å². The second-order valence-corrected chi connectivity index (χ2v) is 28.7. The maximum absolute atomic E-state index is 10.7. The molecular formula is C22H48OSiSn. The maximum atomic E-state index is 10.7. The van der Waals surface area contributed by atoms with Gasteiger partial charge in [0.05, 0.1) is 0 Å². The first-order valence-electron chi connectivity index (χ1n) is 11.2. The van der Waals surface area contributed by atoms with Crippen molar-refractivity contribution in [2.45, 2.75) is 125 Å². The molecule has 3 heteroatoms. The van der Waals surface area contributed by atoms with E-state index < -0.39 is 26.5 Å². The van der Waals surface area contributed by atoms with E-state index in [1.165, 1.54) is 58.3 Å². The summed E-state index contributed by atoms with van der Waals surface area (Å²) in [7, 11) is -1.38. The van der Waals surface area contributed by atoms with Gasteiger partial charge in [-0.15, -0.1) is 0 Å². The van der Waals surface area contributed by atoms with Gasteiger partial charge in [-0.2, -0.15) is 0 Å². The minimum absolute atomic E-state index is 0.192. The quantitative estimate of drug-likeness (QED) is 0.240. The molecule has 0 aromatic heterocycles. The molecule has 0 bridgehead atoms. The molecule has 150 valence electrons. The first-order valence-corrected chi connectivity index (χ1v) is 22.2. The van der Waals surface area contributed by atoms with Crippen molar-refractivity contribution in [1.29, 1.82) is 0 Å². The molecule has 0 aromatic carbocycles. The van der Waals surface area contributed by atoms with Crippen molar-refractivity contribution in [3.63, 3.8) is 0 Å². The molecule has 0 aliphatic heterocycles. The van der Waals surface area contributed by atoms with Gasteiger partial charge in [0.25, 0.3) is 0 Å². The third kappa shape index (κ3) is 10.00. The summed E-state index contributed by atoms with van der Waals surface area (Å²) in [5.41, 5.74) is 0. The van der Waals surface area contributed by atoms with E-state index in [0.29, 0.717) is 0 Å². The van der Waals surface area contributed by atoms with Crippen LogP contribution in [-0.2, 0) is 0 Å². The SMILES string of the molecule is CCCCC(O)/C=[C](/[Si](C)(C)C)[Sn]([CH2]CCC)([CH2]CCC)[CH2]CCC. The Morgan fingerprint density at radius 2 is 1.20 bits per heavy atom. The van der Waals surface area contributed by atoms with Crippen LogP contribution < -0.4 is 0 Å². The molecule has 0 amide bonds. The predicted octanol–water partition coefficient (Wildman–Crippen LogP) is 7.73. The molecule has 0 aliphatic carbocycles. The molecule has 1 nitrogen and oxygen atoms in total. The van der Waals surface area contributed by atoms with E-state index in [-0.39, 0.29) is 6.10 Å². The normalized spacial score (nSPS) is 14.8. The predicted molar refractivity (Wildman–Crippen MR) is 122 cm³/mol. The van der Waals surface area contributed by atoms with Gasteiger partial charge in [-0.1, -0.05) is 0 Å². The molecule has 1 atom stereocenters. The summed E-state index contributed by atoms with van der Waals surface area (Å²) in [6.45, 7) is 16.9. The summed E-state index contributed by atoms with van der Waals surface area (Å²) in [4.78, 5) is 0. The van der Waals surface area contributed by atoms with Crippen LogP contribution in [0, 0.1) is 0 Å². The van der Waals surface area contributed by atoms with Gasteiger partial charge >= 0.3 is 165 Å². The van der Waals surface area contributed by atoms with E-state index in [1.54, 1.807) is 0 Å². The summed E-state index contributed by atoms with van der Waals surface area (Å²) in [5.74, 6) is 0. The zero-order chi connectivity index (χ0) is 19.3. The Bertz CT molecular complexity index is 338. The number of aliphatic hydroxyl groups is 1. The van der Waals surface area contributed by atoms with Gasteiger partial charge in [-0.25, -0.2) is 0 Å². The number of unbranched alkanes of at least 4 members (excludes halogenated alkanes) is 4. The Labute approximate surface area is 165 Å². The molecule has 0 spiro atoms. The van der Waals surface area contributed by atoms with Crippen LogP contribution in [0.3, 0.4) is 0 Å². The molecule has 0 radical (unpaired) electrons. The topological polar surface area (TPSA) is 20.2 Å². The fraction of sp³-hybridized carbons (Fsp3) is 0.909. The molecular weight excluding hydrogens is 427 g/mol. The van der Waals surface area contributed by atoms with E-state index >= 15 is 0 Å². The monoisotopic (exact) mass is 476 g/mol. The Balaban J connectivity index is 5.86. The first kappa shape index (κ1) is 25.7. The van der Waals surface area contributed by atoms with Crippen LogP contribution in [0.1, 0.15) is 85.5 Å². The minimum atomic E-state index is -2.39. The van der Waals surface area contributed by atoms with Crippen LogP contribution in [0.4, 0.5) is 0 Å². The molecule has 0 rings (SSSR count). The Morgan fingerprint density at radius 3 is 1.52 bits per heavy atom. The van der Waals surface area contributed by atoms with Crippen molar-refractivity contribution in [3.05, 3.63) is 9.29 Å². The molecule has 25 heavy (non-hydrogen) atoms. The zero-order valence-electron chi connectivity index (χ0n) is 18.6. The van der Waals surface area contributed by atoms with Gasteiger partial charge in [0, 0.05) is 0 Å². The molecule has 0 heterocycles. The van der Waals surface area contributed by atoms with E-state index in [1.807, 2.05) is 3.21 Å². The van der Waals surface area contributed by atoms with Gasteiger partial charge in [0.1, 0.15) is 0 Å². The summed E-state index contributed by atoms with van der Waals surface area (Å²) >= 11 is -2.39. The van der Waals surface area contributed by atoms with Crippen LogP contribution in [0.15, 0.2) is 9.29 Å². The first-order chi connectivity index (χ1) is 11.8. The molecule has 0 fully saturated rings. The van der Waals surface area contributed by atoms with Crippen molar-refractivity contribution < 1.29 is 5.11 Å². The van der Waals surface area contributed by atoms with Crippen molar-refractivity contribution in [3.8, 4) is 0 Å². The van der Waals surface area contributed by atoms with Crippen LogP contribution in [0.25, 0.3) is 0 Å². The van der Waals surface area contributed by atoms with Gasteiger partial charge in [-0.05, 0) is 0 Å². The summed E-state index contributed by atoms with van der Waals surface area (Å²) < 4.78 is 6.48. The molecule has 0 saturated heterocycles. The van der Waals surface area contributed by atoms with Crippen molar-refractivity contribution in [2.75, 3.05) is 0 Å².